The van der Waals surface area contributed by atoms with Crippen molar-refractivity contribution < 1.29 is 9.90 Å². The first-order valence-corrected chi connectivity index (χ1v) is 6.65. The minimum absolute atomic E-state index is 0.0534. The molecule has 2 N–H and O–H groups in total. The van der Waals surface area contributed by atoms with Gasteiger partial charge in [-0.05, 0) is 19.9 Å². The van der Waals surface area contributed by atoms with Gasteiger partial charge in [0.1, 0.15) is 0 Å². The van der Waals surface area contributed by atoms with Crippen molar-refractivity contribution in [3.63, 3.8) is 0 Å². The molecule has 1 saturated heterocycles. The molecule has 1 rings (SSSR count). The molecular formula is C13H26N2O2. The van der Waals surface area contributed by atoms with Crippen LogP contribution < -0.4 is 5.32 Å². The Morgan fingerprint density at radius 1 is 1.59 bits per heavy atom. The van der Waals surface area contributed by atoms with Gasteiger partial charge < -0.3 is 15.3 Å². The van der Waals surface area contributed by atoms with Gasteiger partial charge in [0, 0.05) is 25.6 Å². The van der Waals surface area contributed by atoms with E-state index in [1.807, 2.05) is 14.0 Å². The van der Waals surface area contributed by atoms with Crippen molar-refractivity contribution in [2.24, 2.45) is 5.92 Å². The average Bonchev–Trinajstić information content (AvgIpc) is 2.63. The summed E-state index contributed by atoms with van der Waals surface area (Å²) in [6.07, 6.45) is 3.88. The molecule has 2 unspecified atom stereocenters. The van der Waals surface area contributed by atoms with Crippen LogP contribution in [0.3, 0.4) is 0 Å². The molecule has 2 atom stereocenters. The molecule has 1 heterocycles. The first kappa shape index (κ1) is 14.5. The van der Waals surface area contributed by atoms with E-state index in [-0.39, 0.29) is 11.8 Å². The maximum atomic E-state index is 11.8. The van der Waals surface area contributed by atoms with E-state index >= 15 is 0 Å². The molecule has 0 radical (unpaired) electrons. The number of likely N-dealkylation sites (N-methyl/N-ethyl adjacent to an activating group) is 1. The molecule has 4 nitrogen and oxygen atoms in total. The standard InChI is InChI=1S/C13H26N2O2/c1-4-5-6-11(2)12(16)14-9-13(17)7-8-15(3)10-13/h11,17H,4-10H2,1-3H3,(H,14,16). The summed E-state index contributed by atoms with van der Waals surface area (Å²) in [5.41, 5.74) is -0.727. The predicted molar refractivity (Wildman–Crippen MR) is 68.8 cm³/mol. The molecule has 1 fully saturated rings. The highest BCUT2D eigenvalue weighted by molar-refractivity contribution is 5.78. The second kappa shape index (κ2) is 6.36. The maximum absolute atomic E-state index is 11.8. The Morgan fingerprint density at radius 2 is 2.29 bits per heavy atom. The molecule has 1 amide bonds. The fourth-order valence-electron chi connectivity index (χ4n) is 2.27. The number of amides is 1. The first-order chi connectivity index (χ1) is 7.97. The van der Waals surface area contributed by atoms with Gasteiger partial charge in [-0.25, -0.2) is 0 Å². The van der Waals surface area contributed by atoms with Gasteiger partial charge in [0.05, 0.1) is 5.60 Å². The van der Waals surface area contributed by atoms with Crippen molar-refractivity contribution in [3.05, 3.63) is 0 Å². The summed E-state index contributed by atoms with van der Waals surface area (Å²) in [6.45, 7) is 6.01. The first-order valence-electron chi connectivity index (χ1n) is 6.65. The van der Waals surface area contributed by atoms with Gasteiger partial charge in [0.2, 0.25) is 5.91 Å². The van der Waals surface area contributed by atoms with E-state index in [2.05, 4.69) is 17.1 Å². The molecule has 1 aliphatic rings. The molecule has 17 heavy (non-hydrogen) atoms. The summed E-state index contributed by atoms with van der Waals surface area (Å²) < 4.78 is 0. The maximum Gasteiger partial charge on any atom is 0.222 e. The highest BCUT2D eigenvalue weighted by Gasteiger charge is 2.34. The van der Waals surface area contributed by atoms with Gasteiger partial charge in [0.25, 0.3) is 0 Å². The van der Waals surface area contributed by atoms with E-state index in [0.29, 0.717) is 13.1 Å². The number of likely N-dealkylation sites (tertiary alicyclic amines) is 1. The van der Waals surface area contributed by atoms with Crippen molar-refractivity contribution in [2.45, 2.75) is 45.1 Å². The van der Waals surface area contributed by atoms with Gasteiger partial charge in [-0.3, -0.25) is 4.79 Å². The zero-order chi connectivity index (χ0) is 12.9. The molecule has 0 aromatic heterocycles. The number of aliphatic hydroxyl groups is 1. The average molecular weight is 242 g/mol. The van der Waals surface area contributed by atoms with E-state index in [1.165, 1.54) is 0 Å². The van der Waals surface area contributed by atoms with Crippen molar-refractivity contribution in [1.29, 1.82) is 0 Å². The molecule has 100 valence electrons. The number of nitrogens with one attached hydrogen (secondary N) is 1. The number of hydrogen-bond donors (Lipinski definition) is 2. The van der Waals surface area contributed by atoms with Gasteiger partial charge >= 0.3 is 0 Å². The SMILES string of the molecule is CCCCC(C)C(=O)NCC1(O)CCN(C)C1. The van der Waals surface area contributed by atoms with Crippen LogP contribution in [0.2, 0.25) is 0 Å². The third-order valence-corrected chi connectivity index (χ3v) is 3.55. The number of β-amino-alcohol motifs (C(OH)–C–C–N with tert-alkyl or cyclic N) is 1. The van der Waals surface area contributed by atoms with Crippen LogP contribution in [-0.4, -0.2) is 48.2 Å². The summed E-state index contributed by atoms with van der Waals surface area (Å²) in [7, 11) is 1.99. The minimum Gasteiger partial charge on any atom is -0.387 e. The van der Waals surface area contributed by atoms with Gasteiger partial charge in [-0.2, -0.15) is 0 Å². The van der Waals surface area contributed by atoms with E-state index in [4.69, 9.17) is 0 Å². The topological polar surface area (TPSA) is 52.6 Å². The summed E-state index contributed by atoms with van der Waals surface area (Å²) in [6, 6.07) is 0. The molecule has 0 bridgehead atoms. The van der Waals surface area contributed by atoms with Crippen LogP contribution in [0.15, 0.2) is 0 Å². The molecule has 0 aromatic carbocycles. The summed E-state index contributed by atoms with van der Waals surface area (Å²) >= 11 is 0. The Labute approximate surface area is 104 Å². The third-order valence-electron chi connectivity index (χ3n) is 3.55. The summed E-state index contributed by atoms with van der Waals surface area (Å²) in [5.74, 6) is 0.124. The molecule has 0 aromatic rings. The Morgan fingerprint density at radius 3 is 2.82 bits per heavy atom. The van der Waals surface area contributed by atoms with Gasteiger partial charge in [-0.15, -0.1) is 0 Å². The Balaban J connectivity index is 2.27. The highest BCUT2D eigenvalue weighted by Crippen LogP contribution is 2.19. The Hall–Kier alpha value is -0.610. The number of unbranched alkanes of at least 4 members (excludes halogenated alkanes) is 1. The second-order valence-electron chi connectivity index (χ2n) is 5.47. The number of nitrogens with zero attached hydrogens (tertiary/aromatic N) is 1. The Kier molecular flexibility index (Phi) is 5.40. The molecule has 4 heteroatoms. The summed E-state index contributed by atoms with van der Waals surface area (Å²) in [4.78, 5) is 13.9. The van der Waals surface area contributed by atoms with Crippen LogP contribution in [-0.2, 0) is 4.79 Å². The van der Waals surface area contributed by atoms with E-state index in [1.54, 1.807) is 0 Å². The smallest absolute Gasteiger partial charge is 0.222 e. The zero-order valence-corrected chi connectivity index (χ0v) is 11.3. The van der Waals surface area contributed by atoms with Crippen LogP contribution in [0.1, 0.15) is 39.5 Å². The predicted octanol–water partition coefficient (Wildman–Crippen LogP) is 0.995. The molecule has 0 aliphatic carbocycles. The Bertz CT molecular complexity index is 258. The third kappa shape index (κ3) is 4.64. The number of carbonyl (C=O) groups is 1. The lowest BCUT2D eigenvalue weighted by atomic mass is 10.0. The number of rotatable bonds is 6. The van der Waals surface area contributed by atoms with Crippen molar-refractivity contribution >= 4 is 5.91 Å². The highest BCUT2D eigenvalue weighted by atomic mass is 16.3. The fourth-order valence-corrected chi connectivity index (χ4v) is 2.27. The van der Waals surface area contributed by atoms with Crippen molar-refractivity contribution in [1.82, 2.24) is 10.2 Å². The van der Waals surface area contributed by atoms with E-state index in [9.17, 15) is 9.90 Å². The molecular weight excluding hydrogens is 216 g/mol. The zero-order valence-electron chi connectivity index (χ0n) is 11.3. The largest absolute Gasteiger partial charge is 0.387 e. The van der Waals surface area contributed by atoms with E-state index < -0.39 is 5.60 Å². The summed E-state index contributed by atoms with van der Waals surface area (Å²) in [5, 5.41) is 13.1. The molecule has 0 saturated carbocycles. The van der Waals surface area contributed by atoms with Gasteiger partial charge in [0.15, 0.2) is 0 Å². The number of carbonyl (C=O) groups excluding carboxylic acids is 1. The van der Waals surface area contributed by atoms with Crippen molar-refractivity contribution in [2.75, 3.05) is 26.7 Å². The van der Waals surface area contributed by atoms with Crippen molar-refractivity contribution in [3.8, 4) is 0 Å². The van der Waals surface area contributed by atoms with Crippen LogP contribution in [0.4, 0.5) is 0 Å². The normalized spacial score (nSPS) is 27.1. The lowest BCUT2D eigenvalue weighted by Gasteiger charge is -2.23. The number of hydrogen-bond acceptors (Lipinski definition) is 3. The lowest BCUT2D eigenvalue weighted by molar-refractivity contribution is -0.125. The van der Waals surface area contributed by atoms with Crippen LogP contribution >= 0.6 is 0 Å². The monoisotopic (exact) mass is 242 g/mol. The second-order valence-corrected chi connectivity index (χ2v) is 5.47. The molecule has 0 spiro atoms. The fraction of sp³-hybridized carbons (Fsp3) is 0.923. The van der Waals surface area contributed by atoms with Crippen LogP contribution in [0.25, 0.3) is 0 Å². The molecule has 1 aliphatic heterocycles. The van der Waals surface area contributed by atoms with Crippen LogP contribution in [0.5, 0.6) is 0 Å². The van der Waals surface area contributed by atoms with Crippen LogP contribution in [0, 0.1) is 5.92 Å². The lowest BCUT2D eigenvalue weighted by Crippen LogP contribution is -2.45. The minimum atomic E-state index is -0.727. The van der Waals surface area contributed by atoms with E-state index in [0.717, 1.165) is 32.2 Å². The van der Waals surface area contributed by atoms with Gasteiger partial charge in [-0.1, -0.05) is 26.7 Å². The quantitative estimate of drug-likeness (QED) is 0.730.